The Balaban J connectivity index is 1.86. The predicted octanol–water partition coefficient (Wildman–Crippen LogP) is 2.52. The number of hydrogen-bond donors (Lipinski definition) is 1. The van der Waals surface area contributed by atoms with E-state index in [0.717, 1.165) is 12.8 Å². The summed E-state index contributed by atoms with van der Waals surface area (Å²) in [7, 11) is -0.991. The molecule has 0 aromatic carbocycles. The first kappa shape index (κ1) is 24.8. The van der Waals surface area contributed by atoms with Gasteiger partial charge in [-0.25, -0.2) is 18.4 Å². The minimum Gasteiger partial charge on any atom is -0.383 e. The molecule has 1 saturated heterocycles. The standard InChI is InChI=1S/C19H29ClN6O5S/c1-12(15(30-5)16-21-10-13(20)11-22-16)32(27,28)25-18-24-23-17(26(18)8-9-29-4)14-6-7-19(2,3)31-14/h10-12,14-15H,6-9H2,1-5H3,(H,24,25)/t12-,14+,15-/m0/s1. The van der Waals surface area contributed by atoms with E-state index in [4.69, 9.17) is 25.8 Å². The lowest BCUT2D eigenvalue weighted by Gasteiger charge is -2.22. The van der Waals surface area contributed by atoms with Crippen LogP contribution in [0.25, 0.3) is 0 Å². The van der Waals surface area contributed by atoms with Crippen LogP contribution >= 0.6 is 11.6 Å². The summed E-state index contributed by atoms with van der Waals surface area (Å²) in [6.07, 6.45) is 3.21. The molecule has 1 aliphatic rings. The third-order valence-corrected chi connectivity index (χ3v) is 7.24. The van der Waals surface area contributed by atoms with Crippen LogP contribution in [0.15, 0.2) is 12.4 Å². The maximum atomic E-state index is 13.2. The van der Waals surface area contributed by atoms with Crippen molar-refractivity contribution in [1.82, 2.24) is 24.7 Å². The predicted molar refractivity (Wildman–Crippen MR) is 118 cm³/mol. The number of methoxy groups -OCH3 is 2. The van der Waals surface area contributed by atoms with Crippen LogP contribution in [-0.4, -0.2) is 64.8 Å². The number of anilines is 1. The average molecular weight is 489 g/mol. The Hall–Kier alpha value is -1.86. The lowest BCUT2D eigenvalue weighted by molar-refractivity contribution is -0.0217. The van der Waals surface area contributed by atoms with Gasteiger partial charge in [-0.3, -0.25) is 9.29 Å². The second kappa shape index (κ2) is 9.96. The zero-order valence-corrected chi connectivity index (χ0v) is 20.4. The van der Waals surface area contributed by atoms with Crippen molar-refractivity contribution in [2.75, 3.05) is 25.5 Å². The van der Waals surface area contributed by atoms with E-state index in [0.29, 0.717) is 24.0 Å². The summed E-state index contributed by atoms with van der Waals surface area (Å²) < 4.78 is 47.3. The number of sulfonamides is 1. The molecule has 1 fully saturated rings. The summed E-state index contributed by atoms with van der Waals surface area (Å²) >= 11 is 5.83. The highest BCUT2D eigenvalue weighted by molar-refractivity contribution is 7.93. The van der Waals surface area contributed by atoms with Crippen LogP contribution < -0.4 is 4.72 Å². The third-order valence-electron chi connectivity index (χ3n) is 5.35. The van der Waals surface area contributed by atoms with Crippen LogP contribution in [0.1, 0.15) is 57.5 Å². The van der Waals surface area contributed by atoms with E-state index in [1.807, 2.05) is 13.8 Å². The Labute approximate surface area is 192 Å². The average Bonchev–Trinajstić information content (AvgIpc) is 3.30. The molecule has 13 heteroatoms. The summed E-state index contributed by atoms with van der Waals surface area (Å²) in [5.41, 5.74) is -0.277. The Morgan fingerprint density at radius 3 is 2.56 bits per heavy atom. The fraction of sp³-hybridized carbons (Fsp3) is 0.684. The monoisotopic (exact) mass is 488 g/mol. The highest BCUT2D eigenvalue weighted by Gasteiger charge is 2.37. The molecule has 0 saturated carbocycles. The van der Waals surface area contributed by atoms with Crippen molar-refractivity contribution in [3.8, 4) is 0 Å². The molecule has 3 atom stereocenters. The van der Waals surface area contributed by atoms with Gasteiger partial charge in [0.25, 0.3) is 0 Å². The minimum atomic E-state index is -3.96. The molecule has 2 aromatic rings. The first-order chi connectivity index (χ1) is 15.1. The number of ether oxygens (including phenoxy) is 3. The number of halogens is 1. The lowest BCUT2D eigenvalue weighted by atomic mass is 10.1. The molecular weight excluding hydrogens is 460 g/mol. The van der Waals surface area contributed by atoms with Crippen molar-refractivity contribution in [2.45, 2.75) is 63.2 Å². The van der Waals surface area contributed by atoms with Crippen molar-refractivity contribution in [3.63, 3.8) is 0 Å². The van der Waals surface area contributed by atoms with Crippen LogP contribution in [0, 0.1) is 0 Å². The van der Waals surface area contributed by atoms with E-state index >= 15 is 0 Å². The smallest absolute Gasteiger partial charge is 0.240 e. The van der Waals surface area contributed by atoms with Gasteiger partial charge < -0.3 is 14.2 Å². The van der Waals surface area contributed by atoms with E-state index in [1.165, 1.54) is 26.4 Å². The van der Waals surface area contributed by atoms with Gasteiger partial charge in [0.1, 0.15) is 17.5 Å². The van der Waals surface area contributed by atoms with Crippen LogP contribution in [0.3, 0.4) is 0 Å². The third kappa shape index (κ3) is 5.54. The zero-order chi connectivity index (χ0) is 23.5. The molecule has 0 aliphatic carbocycles. The van der Waals surface area contributed by atoms with Gasteiger partial charge in [-0.05, 0) is 33.6 Å². The maximum absolute atomic E-state index is 13.2. The van der Waals surface area contributed by atoms with Crippen molar-refractivity contribution in [2.24, 2.45) is 0 Å². The number of rotatable bonds is 10. The van der Waals surface area contributed by atoms with Gasteiger partial charge in [0, 0.05) is 26.6 Å². The second-order valence-electron chi connectivity index (χ2n) is 8.20. The molecule has 2 aromatic heterocycles. The van der Waals surface area contributed by atoms with Crippen LogP contribution in [-0.2, 0) is 30.8 Å². The van der Waals surface area contributed by atoms with E-state index in [2.05, 4.69) is 24.9 Å². The second-order valence-corrected chi connectivity index (χ2v) is 10.7. The largest absolute Gasteiger partial charge is 0.383 e. The molecule has 0 bridgehead atoms. The van der Waals surface area contributed by atoms with E-state index in [-0.39, 0.29) is 23.5 Å². The summed E-state index contributed by atoms with van der Waals surface area (Å²) in [4.78, 5) is 8.19. The van der Waals surface area contributed by atoms with Crippen molar-refractivity contribution in [3.05, 3.63) is 29.1 Å². The van der Waals surface area contributed by atoms with Gasteiger partial charge in [-0.2, -0.15) is 0 Å². The van der Waals surface area contributed by atoms with E-state index in [1.54, 1.807) is 11.7 Å². The number of nitrogens with one attached hydrogen (secondary N) is 1. The van der Waals surface area contributed by atoms with E-state index < -0.39 is 21.4 Å². The molecule has 1 N–H and O–H groups in total. The minimum absolute atomic E-state index is 0.0871. The van der Waals surface area contributed by atoms with E-state index in [9.17, 15) is 8.42 Å². The van der Waals surface area contributed by atoms with Crippen molar-refractivity contribution < 1.29 is 22.6 Å². The summed E-state index contributed by atoms with van der Waals surface area (Å²) in [5.74, 6) is 0.851. The summed E-state index contributed by atoms with van der Waals surface area (Å²) in [6.45, 7) is 6.24. The Kier molecular flexibility index (Phi) is 7.71. The molecule has 1 aliphatic heterocycles. The van der Waals surface area contributed by atoms with Gasteiger partial charge >= 0.3 is 0 Å². The van der Waals surface area contributed by atoms with Crippen LogP contribution in [0.4, 0.5) is 5.95 Å². The summed E-state index contributed by atoms with van der Waals surface area (Å²) in [5, 5.41) is 7.63. The Morgan fingerprint density at radius 1 is 1.31 bits per heavy atom. The SMILES string of the molecule is COCCn1c(NS(=O)(=O)[C@@H](C)[C@H](OC)c2ncc(Cl)cn2)nnc1[C@H]1CCC(C)(C)O1. The van der Waals surface area contributed by atoms with Gasteiger partial charge in [0.2, 0.25) is 16.0 Å². The fourth-order valence-electron chi connectivity index (χ4n) is 3.55. The Morgan fingerprint density at radius 2 is 2.00 bits per heavy atom. The molecular formula is C19H29ClN6O5S. The lowest BCUT2D eigenvalue weighted by Crippen LogP contribution is -2.33. The molecule has 0 radical (unpaired) electrons. The Bertz CT molecular complexity index is 1010. The zero-order valence-electron chi connectivity index (χ0n) is 18.8. The molecule has 178 valence electrons. The molecule has 32 heavy (non-hydrogen) atoms. The summed E-state index contributed by atoms with van der Waals surface area (Å²) in [6, 6.07) is 0. The van der Waals surface area contributed by atoms with Crippen molar-refractivity contribution in [1.29, 1.82) is 0 Å². The van der Waals surface area contributed by atoms with Crippen LogP contribution in [0.2, 0.25) is 5.02 Å². The highest BCUT2D eigenvalue weighted by Crippen LogP contribution is 2.39. The maximum Gasteiger partial charge on any atom is 0.240 e. The topological polar surface area (TPSA) is 130 Å². The van der Waals surface area contributed by atoms with Gasteiger partial charge in [0.05, 0.1) is 23.8 Å². The number of aromatic nitrogens is 5. The fourth-order valence-corrected chi connectivity index (χ4v) is 4.80. The molecule has 3 rings (SSSR count). The number of nitrogens with zero attached hydrogens (tertiary/aromatic N) is 5. The molecule has 11 nitrogen and oxygen atoms in total. The quantitative estimate of drug-likeness (QED) is 0.535. The molecule has 0 amide bonds. The van der Waals surface area contributed by atoms with Gasteiger partial charge in [0.15, 0.2) is 11.6 Å². The molecule has 0 spiro atoms. The molecule has 0 unspecified atom stereocenters. The van der Waals surface area contributed by atoms with Crippen LogP contribution in [0.5, 0.6) is 0 Å². The highest BCUT2D eigenvalue weighted by atomic mass is 35.5. The molecule has 3 heterocycles. The number of hydrogen-bond acceptors (Lipinski definition) is 9. The normalized spacial score (nSPS) is 20.2. The van der Waals surface area contributed by atoms with Gasteiger partial charge in [-0.15, -0.1) is 10.2 Å². The van der Waals surface area contributed by atoms with Gasteiger partial charge in [-0.1, -0.05) is 11.6 Å². The first-order valence-electron chi connectivity index (χ1n) is 10.2. The first-order valence-corrected chi connectivity index (χ1v) is 12.1. The van der Waals surface area contributed by atoms with Crippen molar-refractivity contribution >= 4 is 27.6 Å².